The SMILES string of the molecule is CNc1cccc(OS(=O)(=O)c2ccc(C)cc2)c1. The zero-order valence-corrected chi connectivity index (χ0v) is 11.6. The number of hydrogen-bond donors (Lipinski definition) is 1. The lowest BCUT2D eigenvalue weighted by Gasteiger charge is -2.08. The quantitative estimate of drug-likeness (QED) is 0.873. The summed E-state index contributed by atoms with van der Waals surface area (Å²) in [5.74, 6) is 0.285. The van der Waals surface area contributed by atoms with Crippen LogP contribution in [0.3, 0.4) is 0 Å². The van der Waals surface area contributed by atoms with E-state index in [0.29, 0.717) is 0 Å². The van der Waals surface area contributed by atoms with Crippen LogP contribution in [0.1, 0.15) is 5.56 Å². The minimum atomic E-state index is -3.78. The molecule has 0 fully saturated rings. The second-order valence-corrected chi connectivity index (χ2v) is 5.67. The first-order valence-corrected chi connectivity index (χ1v) is 7.21. The molecule has 0 spiro atoms. The zero-order valence-electron chi connectivity index (χ0n) is 10.8. The number of anilines is 1. The van der Waals surface area contributed by atoms with Crippen molar-refractivity contribution in [2.24, 2.45) is 0 Å². The summed E-state index contributed by atoms with van der Waals surface area (Å²) in [5, 5.41) is 2.93. The highest BCUT2D eigenvalue weighted by atomic mass is 32.2. The first-order valence-electron chi connectivity index (χ1n) is 5.80. The van der Waals surface area contributed by atoms with Gasteiger partial charge in [0.2, 0.25) is 0 Å². The monoisotopic (exact) mass is 277 g/mol. The molecule has 5 heteroatoms. The van der Waals surface area contributed by atoms with E-state index in [1.54, 1.807) is 37.4 Å². The summed E-state index contributed by atoms with van der Waals surface area (Å²) in [6, 6.07) is 13.3. The first kappa shape index (κ1) is 13.4. The van der Waals surface area contributed by atoms with E-state index < -0.39 is 10.1 Å². The maximum Gasteiger partial charge on any atom is 0.339 e. The smallest absolute Gasteiger partial charge is 0.339 e. The molecular formula is C14H15NO3S. The largest absolute Gasteiger partial charge is 0.388 e. The Morgan fingerprint density at radius 2 is 1.74 bits per heavy atom. The summed E-state index contributed by atoms with van der Waals surface area (Å²) in [6.07, 6.45) is 0. The van der Waals surface area contributed by atoms with E-state index in [1.165, 1.54) is 12.1 Å². The number of hydrogen-bond acceptors (Lipinski definition) is 4. The van der Waals surface area contributed by atoms with E-state index in [-0.39, 0.29) is 10.6 Å². The Bertz CT molecular complexity index is 663. The molecule has 0 aliphatic rings. The molecular weight excluding hydrogens is 262 g/mol. The number of nitrogens with one attached hydrogen (secondary N) is 1. The zero-order chi connectivity index (χ0) is 13.9. The molecule has 0 heterocycles. The van der Waals surface area contributed by atoms with Crippen molar-refractivity contribution in [3.8, 4) is 5.75 Å². The van der Waals surface area contributed by atoms with Crippen molar-refractivity contribution in [1.29, 1.82) is 0 Å². The average molecular weight is 277 g/mol. The summed E-state index contributed by atoms with van der Waals surface area (Å²) in [5.41, 5.74) is 1.78. The van der Waals surface area contributed by atoms with Crippen LogP contribution in [0.2, 0.25) is 0 Å². The van der Waals surface area contributed by atoms with Gasteiger partial charge in [-0.1, -0.05) is 23.8 Å². The van der Waals surface area contributed by atoms with E-state index in [4.69, 9.17) is 4.18 Å². The molecule has 1 N–H and O–H groups in total. The molecule has 0 aromatic heterocycles. The van der Waals surface area contributed by atoms with Gasteiger partial charge in [-0.2, -0.15) is 8.42 Å². The fourth-order valence-electron chi connectivity index (χ4n) is 1.58. The summed E-state index contributed by atoms with van der Waals surface area (Å²) in [7, 11) is -2.03. The summed E-state index contributed by atoms with van der Waals surface area (Å²) in [6.45, 7) is 1.90. The van der Waals surface area contributed by atoms with Gasteiger partial charge < -0.3 is 9.50 Å². The molecule has 19 heavy (non-hydrogen) atoms. The van der Waals surface area contributed by atoms with Gasteiger partial charge >= 0.3 is 10.1 Å². The van der Waals surface area contributed by atoms with E-state index >= 15 is 0 Å². The third kappa shape index (κ3) is 3.26. The van der Waals surface area contributed by atoms with Crippen LogP contribution >= 0.6 is 0 Å². The van der Waals surface area contributed by atoms with Crippen LogP contribution in [0.25, 0.3) is 0 Å². The first-order chi connectivity index (χ1) is 9.01. The Labute approximate surface area is 113 Å². The van der Waals surface area contributed by atoms with Crippen molar-refractivity contribution in [1.82, 2.24) is 0 Å². The van der Waals surface area contributed by atoms with Crippen molar-refractivity contribution in [2.75, 3.05) is 12.4 Å². The number of aryl methyl sites for hydroxylation is 1. The predicted molar refractivity (Wildman–Crippen MR) is 75.0 cm³/mol. The van der Waals surface area contributed by atoms with Crippen LogP contribution in [-0.4, -0.2) is 15.5 Å². The minimum absolute atomic E-state index is 0.146. The van der Waals surface area contributed by atoms with Crippen molar-refractivity contribution in [3.05, 3.63) is 54.1 Å². The van der Waals surface area contributed by atoms with Crippen molar-refractivity contribution < 1.29 is 12.6 Å². The second kappa shape index (κ2) is 5.32. The minimum Gasteiger partial charge on any atom is -0.388 e. The summed E-state index contributed by atoms with van der Waals surface area (Å²) in [4.78, 5) is 0.146. The standard InChI is InChI=1S/C14H15NO3S/c1-11-6-8-14(9-7-11)19(16,17)18-13-5-3-4-12(10-13)15-2/h3-10,15H,1-2H3. The molecule has 0 unspecified atom stereocenters. The van der Waals surface area contributed by atoms with Crippen LogP contribution in [0.5, 0.6) is 5.75 Å². The Morgan fingerprint density at radius 1 is 1.05 bits per heavy atom. The topological polar surface area (TPSA) is 55.4 Å². The molecule has 0 bridgehead atoms. The fourth-order valence-corrected chi connectivity index (χ4v) is 2.51. The third-order valence-electron chi connectivity index (χ3n) is 2.64. The summed E-state index contributed by atoms with van der Waals surface area (Å²) >= 11 is 0. The van der Waals surface area contributed by atoms with Crippen LogP contribution < -0.4 is 9.50 Å². The Balaban J connectivity index is 2.28. The molecule has 2 aromatic carbocycles. The highest BCUT2D eigenvalue weighted by Crippen LogP contribution is 2.21. The highest BCUT2D eigenvalue weighted by Gasteiger charge is 2.16. The van der Waals surface area contributed by atoms with Gasteiger partial charge in [-0.25, -0.2) is 0 Å². The number of rotatable bonds is 4. The van der Waals surface area contributed by atoms with Gasteiger partial charge in [-0.15, -0.1) is 0 Å². The number of benzene rings is 2. The predicted octanol–water partition coefficient (Wildman–Crippen LogP) is 2.80. The molecule has 2 rings (SSSR count). The molecule has 100 valence electrons. The van der Waals surface area contributed by atoms with Crippen LogP contribution in [-0.2, 0) is 10.1 Å². The van der Waals surface area contributed by atoms with Crippen molar-refractivity contribution in [3.63, 3.8) is 0 Å². The van der Waals surface area contributed by atoms with Gasteiger partial charge in [0.15, 0.2) is 0 Å². The van der Waals surface area contributed by atoms with Crippen LogP contribution in [0.15, 0.2) is 53.4 Å². The van der Waals surface area contributed by atoms with Crippen LogP contribution in [0, 0.1) is 6.92 Å². The molecule has 4 nitrogen and oxygen atoms in total. The van der Waals surface area contributed by atoms with Crippen LogP contribution in [0.4, 0.5) is 5.69 Å². The molecule has 2 aromatic rings. The second-order valence-electron chi connectivity index (χ2n) is 4.13. The van der Waals surface area contributed by atoms with Gasteiger partial charge in [0.05, 0.1) is 0 Å². The lowest BCUT2D eigenvalue weighted by atomic mass is 10.2. The fraction of sp³-hybridized carbons (Fsp3) is 0.143. The highest BCUT2D eigenvalue weighted by molar-refractivity contribution is 7.87. The van der Waals surface area contributed by atoms with Gasteiger partial charge in [-0.3, -0.25) is 0 Å². The summed E-state index contributed by atoms with van der Waals surface area (Å²) < 4.78 is 29.2. The van der Waals surface area contributed by atoms with Gasteiger partial charge in [0.25, 0.3) is 0 Å². The Kier molecular flexibility index (Phi) is 3.76. The molecule has 0 atom stereocenters. The van der Waals surface area contributed by atoms with Gasteiger partial charge in [-0.05, 0) is 31.2 Å². The van der Waals surface area contributed by atoms with Gasteiger partial charge in [0.1, 0.15) is 10.6 Å². The maximum atomic E-state index is 12.1. The molecule has 0 amide bonds. The molecule has 0 aliphatic carbocycles. The van der Waals surface area contributed by atoms with Crippen molar-refractivity contribution >= 4 is 15.8 Å². The molecule has 0 saturated carbocycles. The third-order valence-corrected chi connectivity index (χ3v) is 3.90. The van der Waals surface area contributed by atoms with E-state index in [2.05, 4.69) is 5.32 Å². The lowest BCUT2D eigenvalue weighted by Crippen LogP contribution is -2.09. The van der Waals surface area contributed by atoms with Crippen molar-refractivity contribution in [2.45, 2.75) is 11.8 Å². The van der Waals surface area contributed by atoms with E-state index in [1.807, 2.05) is 13.0 Å². The van der Waals surface area contributed by atoms with E-state index in [9.17, 15) is 8.42 Å². The Hall–Kier alpha value is -2.01. The molecule has 0 radical (unpaired) electrons. The van der Waals surface area contributed by atoms with Gasteiger partial charge in [0, 0.05) is 18.8 Å². The lowest BCUT2D eigenvalue weighted by molar-refractivity contribution is 0.486. The average Bonchev–Trinajstić information content (AvgIpc) is 2.39. The Morgan fingerprint density at radius 3 is 2.37 bits per heavy atom. The maximum absolute atomic E-state index is 12.1. The molecule has 0 aliphatic heterocycles. The van der Waals surface area contributed by atoms with E-state index in [0.717, 1.165) is 11.3 Å². The molecule has 0 saturated heterocycles. The normalized spacial score (nSPS) is 11.1.